The maximum absolute atomic E-state index is 4.08. The Kier molecular flexibility index (Phi) is 3.52. The highest BCUT2D eigenvalue weighted by molar-refractivity contribution is 5.09. The van der Waals surface area contributed by atoms with E-state index in [-0.39, 0.29) is 0 Å². The van der Waals surface area contributed by atoms with E-state index in [0.29, 0.717) is 17.3 Å². The normalized spacial score (nSPS) is 28.2. The maximum atomic E-state index is 4.08. The van der Waals surface area contributed by atoms with Crippen molar-refractivity contribution in [3.8, 4) is 0 Å². The SMILES string of the molecule is CNCC1CCC(C)(C)CC1c1cnnn1C. The summed E-state index contributed by atoms with van der Waals surface area (Å²) < 4.78 is 1.94. The molecule has 1 aromatic heterocycles. The van der Waals surface area contributed by atoms with Crippen LogP contribution in [0.4, 0.5) is 0 Å². The molecular weight excluding hydrogens is 212 g/mol. The van der Waals surface area contributed by atoms with Crippen LogP contribution in [0.5, 0.6) is 0 Å². The summed E-state index contributed by atoms with van der Waals surface area (Å²) in [4.78, 5) is 0. The van der Waals surface area contributed by atoms with E-state index in [1.807, 2.05) is 25.0 Å². The number of nitrogens with zero attached hydrogens (tertiary/aromatic N) is 3. The van der Waals surface area contributed by atoms with E-state index >= 15 is 0 Å². The summed E-state index contributed by atoms with van der Waals surface area (Å²) in [5, 5.41) is 11.4. The number of aromatic nitrogens is 3. The lowest BCUT2D eigenvalue weighted by molar-refractivity contribution is 0.156. The van der Waals surface area contributed by atoms with Crippen molar-refractivity contribution in [3.05, 3.63) is 11.9 Å². The van der Waals surface area contributed by atoms with Crippen molar-refractivity contribution in [3.63, 3.8) is 0 Å². The first kappa shape index (κ1) is 12.6. The Bertz CT molecular complexity index is 369. The monoisotopic (exact) mass is 236 g/mol. The predicted octanol–water partition coefficient (Wildman–Crippen LogP) is 1.94. The molecule has 1 saturated carbocycles. The van der Waals surface area contributed by atoms with Gasteiger partial charge in [-0.25, -0.2) is 0 Å². The number of hydrogen-bond donors (Lipinski definition) is 1. The Morgan fingerprint density at radius 1 is 1.53 bits per heavy atom. The van der Waals surface area contributed by atoms with Gasteiger partial charge in [0, 0.05) is 13.0 Å². The molecule has 96 valence electrons. The van der Waals surface area contributed by atoms with Crippen LogP contribution < -0.4 is 5.32 Å². The van der Waals surface area contributed by atoms with Crippen LogP contribution >= 0.6 is 0 Å². The van der Waals surface area contributed by atoms with Gasteiger partial charge in [0.25, 0.3) is 0 Å². The van der Waals surface area contributed by atoms with Gasteiger partial charge in [-0.15, -0.1) is 5.10 Å². The summed E-state index contributed by atoms with van der Waals surface area (Å²) in [5.74, 6) is 1.30. The molecule has 0 aliphatic heterocycles. The zero-order chi connectivity index (χ0) is 12.5. The summed E-state index contributed by atoms with van der Waals surface area (Å²) in [6.07, 6.45) is 5.79. The number of hydrogen-bond acceptors (Lipinski definition) is 3. The molecule has 1 fully saturated rings. The van der Waals surface area contributed by atoms with E-state index < -0.39 is 0 Å². The van der Waals surface area contributed by atoms with Gasteiger partial charge in [-0.3, -0.25) is 4.68 Å². The third-order valence-electron chi connectivity index (χ3n) is 4.13. The van der Waals surface area contributed by atoms with Crippen LogP contribution in [0.15, 0.2) is 6.20 Å². The third-order valence-corrected chi connectivity index (χ3v) is 4.13. The molecule has 2 unspecified atom stereocenters. The molecule has 4 nitrogen and oxygen atoms in total. The van der Waals surface area contributed by atoms with E-state index in [0.717, 1.165) is 6.54 Å². The van der Waals surface area contributed by atoms with Gasteiger partial charge in [0.15, 0.2) is 0 Å². The van der Waals surface area contributed by atoms with E-state index in [4.69, 9.17) is 0 Å². The Hall–Kier alpha value is -0.900. The summed E-state index contributed by atoms with van der Waals surface area (Å²) in [7, 11) is 4.04. The molecule has 2 atom stereocenters. The average Bonchev–Trinajstić information content (AvgIpc) is 2.67. The molecule has 1 heterocycles. The van der Waals surface area contributed by atoms with Crippen molar-refractivity contribution in [2.24, 2.45) is 18.4 Å². The second-order valence-corrected chi connectivity index (χ2v) is 6.11. The summed E-state index contributed by atoms with van der Waals surface area (Å²) in [5.41, 5.74) is 1.73. The first-order valence-electron chi connectivity index (χ1n) is 6.53. The minimum absolute atomic E-state index is 0.444. The quantitative estimate of drug-likeness (QED) is 0.872. The highest BCUT2D eigenvalue weighted by atomic mass is 15.4. The van der Waals surface area contributed by atoms with Crippen LogP contribution in [0, 0.1) is 11.3 Å². The van der Waals surface area contributed by atoms with Crippen LogP contribution in [0.3, 0.4) is 0 Å². The van der Waals surface area contributed by atoms with E-state index in [1.54, 1.807) is 0 Å². The van der Waals surface area contributed by atoms with Crippen LogP contribution in [-0.2, 0) is 7.05 Å². The third kappa shape index (κ3) is 2.68. The zero-order valence-electron chi connectivity index (χ0n) is 11.4. The van der Waals surface area contributed by atoms with Crippen molar-refractivity contribution < 1.29 is 0 Å². The van der Waals surface area contributed by atoms with Crippen molar-refractivity contribution in [2.45, 2.75) is 39.0 Å². The van der Waals surface area contributed by atoms with Crippen LogP contribution in [0.1, 0.15) is 44.7 Å². The molecule has 1 aromatic rings. The smallest absolute Gasteiger partial charge is 0.0728 e. The van der Waals surface area contributed by atoms with Crippen LogP contribution in [-0.4, -0.2) is 28.6 Å². The number of rotatable bonds is 3. The molecule has 17 heavy (non-hydrogen) atoms. The molecule has 0 amide bonds. The molecule has 0 aromatic carbocycles. The Morgan fingerprint density at radius 3 is 2.88 bits per heavy atom. The first-order valence-corrected chi connectivity index (χ1v) is 6.53. The molecule has 0 radical (unpaired) electrons. The lowest BCUT2D eigenvalue weighted by Crippen LogP contribution is -2.34. The number of nitrogens with one attached hydrogen (secondary N) is 1. The lowest BCUT2D eigenvalue weighted by atomic mass is 9.66. The second kappa shape index (κ2) is 4.77. The Morgan fingerprint density at radius 2 is 2.29 bits per heavy atom. The largest absolute Gasteiger partial charge is 0.319 e. The average molecular weight is 236 g/mol. The van der Waals surface area contributed by atoms with Gasteiger partial charge >= 0.3 is 0 Å². The van der Waals surface area contributed by atoms with Crippen LogP contribution in [0.25, 0.3) is 0 Å². The predicted molar refractivity (Wildman–Crippen MR) is 68.8 cm³/mol. The molecule has 4 heteroatoms. The van der Waals surface area contributed by atoms with Gasteiger partial charge in [-0.1, -0.05) is 19.1 Å². The van der Waals surface area contributed by atoms with Crippen LogP contribution in [0.2, 0.25) is 0 Å². The zero-order valence-corrected chi connectivity index (χ0v) is 11.4. The summed E-state index contributed by atoms with van der Waals surface area (Å²) in [6, 6.07) is 0. The van der Waals surface area contributed by atoms with Crippen molar-refractivity contribution >= 4 is 0 Å². The summed E-state index contributed by atoms with van der Waals surface area (Å²) in [6.45, 7) is 5.84. The Balaban J connectivity index is 2.22. The van der Waals surface area contributed by atoms with Gasteiger partial charge in [0.2, 0.25) is 0 Å². The van der Waals surface area contributed by atoms with E-state index in [9.17, 15) is 0 Å². The van der Waals surface area contributed by atoms with Gasteiger partial charge in [-0.05, 0) is 44.2 Å². The molecule has 1 aliphatic carbocycles. The van der Waals surface area contributed by atoms with Gasteiger partial charge in [0.05, 0.1) is 11.9 Å². The highest BCUT2D eigenvalue weighted by Crippen LogP contribution is 2.46. The van der Waals surface area contributed by atoms with E-state index in [1.165, 1.54) is 25.0 Å². The minimum Gasteiger partial charge on any atom is -0.319 e. The molecule has 0 saturated heterocycles. The molecule has 0 spiro atoms. The topological polar surface area (TPSA) is 42.7 Å². The maximum Gasteiger partial charge on any atom is 0.0728 e. The molecule has 2 rings (SSSR count). The van der Waals surface area contributed by atoms with Gasteiger partial charge in [-0.2, -0.15) is 0 Å². The van der Waals surface area contributed by atoms with Crippen molar-refractivity contribution in [1.82, 2.24) is 20.3 Å². The number of aryl methyl sites for hydroxylation is 1. The van der Waals surface area contributed by atoms with E-state index in [2.05, 4.69) is 29.5 Å². The molecular formula is C13H24N4. The second-order valence-electron chi connectivity index (χ2n) is 6.11. The van der Waals surface area contributed by atoms with Crippen molar-refractivity contribution in [2.75, 3.05) is 13.6 Å². The molecule has 0 bridgehead atoms. The fourth-order valence-corrected chi connectivity index (χ4v) is 3.13. The molecule has 1 N–H and O–H groups in total. The van der Waals surface area contributed by atoms with Gasteiger partial charge < -0.3 is 5.32 Å². The Labute approximate surface area is 104 Å². The van der Waals surface area contributed by atoms with Gasteiger partial charge in [0.1, 0.15) is 0 Å². The minimum atomic E-state index is 0.444. The lowest BCUT2D eigenvalue weighted by Gasteiger charge is -2.40. The first-order chi connectivity index (χ1) is 8.03. The van der Waals surface area contributed by atoms with Crippen molar-refractivity contribution in [1.29, 1.82) is 0 Å². The fourth-order valence-electron chi connectivity index (χ4n) is 3.13. The summed E-state index contributed by atoms with van der Waals surface area (Å²) >= 11 is 0. The fraction of sp³-hybridized carbons (Fsp3) is 0.846. The standard InChI is InChI=1S/C13H24N4/c1-13(2)6-5-10(8-14-3)11(7-13)12-9-15-16-17(12)4/h9-11,14H,5-8H2,1-4H3. The molecule has 1 aliphatic rings. The highest BCUT2D eigenvalue weighted by Gasteiger charge is 2.36.